The van der Waals surface area contributed by atoms with Gasteiger partial charge in [-0.25, -0.2) is 9.97 Å². The summed E-state index contributed by atoms with van der Waals surface area (Å²) in [6.45, 7) is 3.21. The minimum atomic E-state index is -4.61. The molecular formula is C31H40F3N7O3. The Kier molecular flexibility index (Phi) is 7.98. The molecule has 6 rings (SSSR count). The maximum absolute atomic E-state index is 14.1. The Morgan fingerprint density at radius 3 is 2.73 bits per heavy atom. The summed E-state index contributed by atoms with van der Waals surface area (Å²) >= 11 is 0. The molecule has 10 nitrogen and oxygen atoms in total. The van der Waals surface area contributed by atoms with Crippen molar-refractivity contribution in [2.24, 2.45) is 5.41 Å². The first-order chi connectivity index (χ1) is 21.0. The molecule has 13 heteroatoms. The summed E-state index contributed by atoms with van der Waals surface area (Å²) in [7, 11) is 3.28. The van der Waals surface area contributed by atoms with Crippen LogP contribution < -0.4 is 26.0 Å². The molecule has 4 aliphatic rings. The van der Waals surface area contributed by atoms with Gasteiger partial charge in [-0.3, -0.25) is 9.59 Å². The van der Waals surface area contributed by atoms with Gasteiger partial charge in [-0.15, -0.1) is 0 Å². The van der Waals surface area contributed by atoms with E-state index >= 15 is 0 Å². The van der Waals surface area contributed by atoms with Crippen molar-refractivity contribution >= 4 is 23.5 Å². The number of carbonyl (C=O) groups is 2. The lowest BCUT2D eigenvalue weighted by atomic mass is 9.78. The summed E-state index contributed by atoms with van der Waals surface area (Å²) in [5, 5.41) is 12.8. The van der Waals surface area contributed by atoms with Crippen LogP contribution in [0.1, 0.15) is 73.5 Å². The standard InChI is InChI=1S/C31H40F3N7O3/c1-18(42)41(2)26-8-4-5-11-29(26)17-30(29)25(40-30)14-23-21(31(32,33)34)16-36-28(39-23)38-22-10-9-19(13-24(22)44-3)27(43)37-20-7-6-12-35-15-20/h9-10,13,16,20,25-26,35,40H,4-8,11-12,14-15,17H2,1-3H3,(H,37,43)(H,36,38,39)/t20?,25?,26-,29-,30+/m1/s1. The lowest BCUT2D eigenvalue weighted by Crippen LogP contribution is -2.46. The maximum atomic E-state index is 14.1. The third-order valence-electron chi connectivity index (χ3n) is 10.2. The van der Waals surface area contributed by atoms with Crippen LogP contribution in [0.25, 0.3) is 0 Å². The molecule has 2 saturated carbocycles. The number of piperidine rings is 1. The molecule has 2 saturated heterocycles. The van der Waals surface area contributed by atoms with Gasteiger partial charge in [-0.1, -0.05) is 12.8 Å². The summed E-state index contributed by atoms with van der Waals surface area (Å²) in [5.41, 5.74) is -0.497. The smallest absolute Gasteiger partial charge is 0.419 e. The average Bonchev–Trinajstić information content (AvgIpc) is 3.86. The number of nitrogens with one attached hydrogen (secondary N) is 4. The largest absolute Gasteiger partial charge is 0.495 e. The second kappa shape index (κ2) is 11.5. The number of anilines is 2. The summed E-state index contributed by atoms with van der Waals surface area (Å²) in [6.07, 6.45) is 2.98. The van der Waals surface area contributed by atoms with Crippen LogP contribution in [0.5, 0.6) is 5.75 Å². The van der Waals surface area contributed by atoms with Crippen molar-refractivity contribution in [1.29, 1.82) is 0 Å². The molecule has 1 aromatic carbocycles. The molecule has 4 fully saturated rings. The van der Waals surface area contributed by atoms with Gasteiger partial charge < -0.3 is 30.9 Å². The molecule has 0 radical (unpaired) electrons. The van der Waals surface area contributed by atoms with Crippen molar-refractivity contribution in [2.75, 3.05) is 32.6 Å². The van der Waals surface area contributed by atoms with Crippen LogP contribution in [0.2, 0.25) is 0 Å². The number of amides is 2. The molecule has 2 aliphatic heterocycles. The van der Waals surface area contributed by atoms with Gasteiger partial charge in [0.2, 0.25) is 11.9 Å². The second-order valence-electron chi connectivity index (χ2n) is 12.7. The molecule has 1 aromatic heterocycles. The summed E-state index contributed by atoms with van der Waals surface area (Å²) in [5.74, 6) is 0.121. The highest BCUT2D eigenvalue weighted by Gasteiger charge is 2.82. The van der Waals surface area contributed by atoms with Crippen LogP contribution in [0.4, 0.5) is 24.8 Å². The highest BCUT2D eigenvalue weighted by molar-refractivity contribution is 5.95. The topological polar surface area (TPSA) is 130 Å². The maximum Gasteiger partial charge on any atom is 0.419 e. The first-order valence-corrected chi connectivity index (χ1v) is 15.4. The van der Waals surface area contributed by atoms with E-state index in [1.807, 2.05) is 11.9 Å². The van der Waals surface area contributed by atoms with Gasteiger partial charge in [0.1, 0.15) is 5.75 Å². The summed E-state index contributed by atoms with van der Waals surface area (Å²) < 4.78 is 47.7. The molecule has 5 atom stereocenters. The van der Waals surface area contributed by atoms with Gasteiger partial charge in [0.15, 0.2) is 0 Å². The average molecular weight is 616 g/mol. The molecule has 44 heavy (non-hydrogen) atoms. The van der Waals surface area contributed by atoms with Gasteiger partial charge >= 0.3 is 6.18 Å². The Morgan fingerprint density at radius 1 is 1.20 bits per heavy atom. The van der Waals surface area contributed by atoms with Crippen molar-refractivity contribution in [2.45, 2.75) is 88.1 Å². The fraction of sp³-hybridized carbons (Fsp3) is 0.613. The quantitative estimate of drug-likeness (QED) is 0.330. The highest BCUT2D eigenvalue weighted by atomic mass is 19.4. The van der Waals surface area contributed by atoms with Crippen molar-refractivity contribution in [1.82, 2.24) is 30.8 Å². The van der Waals surface area contributed by atoms with E-state index < -0.39 is 11.7 Å². The molecule has 4 N–H and O–H groups in total. The number of alkyl halides is 3. The number of hydrogen-bond acceptors (Lipinski definition) is 8. The Balaban J connectivity index is 1.19. The lowest BCUT2D eigenvalue weighted by Gasteiger charge is -2.39. The molecule has 0 bridgehead atoms. The van der Waals surface area contributed by atoms with E-state index in [4.69, 9.17) is 4.74 Å². The van der Waals surface area contributed by atoms with Crippen LogP contribution in [0, 0.1) is 5.41 Å². The minimum Gasteiger partial charge on any atom is -0.495 e. The molecule has 2 unspecified atom stereocenters. The Morgan fingerprint density at radius 2 is 2.02 bits per heavy atom. The van der Waals surface area contributed by atoms with E-state index in [0.29, 0.717) is 23.5 Å². The fourth-order valence-corrected chi connectivity index (χ4v) is 7.71. The van der Waals surface area contributed by atoms with Crippen molar-refractivity contribution < 1.29 is 27.5 Å². The Bertz CT molecular complexity index is 1430. The van der Waals surface area contributed by atoms with Gasteiger partial charge in [0, 0.05) is 67.8 Å². The third kappa shape index (κ3) is 5.60. The number of ether oxygens (including phenoxy) is 1. The SMILES string of the molecule is COc1cc(C(=O)NC2CCCNC2)ccc1Nc1ncc(C(F)(F)F)c(CC2N[C@@]23C[C@@]32CCCC[C@H]2N(C)C(C)=O)n1. The fourth-order valence-electron chi connectivity index (χ4n) is 7.71. The van der Waals surface area contributed by atoms with Crippen LogP contribution in [0.15, 0.2) is 24.4 Å². The predicted molar refractivity (Wildman–Crippen MR) is 158 cm³/mol. The summed E-state index contributed by atoms with van der Waals surface area (Å²) in [4.78, 5) is 35.2. The molecular weight excluding hydrogens is 575 g/mol. The van der Waals surface area contributed by atoms with E-state index in [-0.39, 0.29) is 59.0 Å². The number of hydrogen-bond donors (Lipinski definition) is 4. The minimum absolute atomic E-state index is 0.00356. The number of methoxy groups -OCH3 is 1. The third-order valence-corrected chi connectivity index (χ3v) is 10.2. The monoisotopic (exact) mass is 615 g/mol. The molecule has 238 valence electrons. The van der Waals surface area contributed by atoms with Crippen molar-refractivity contribution in [3.63, 3.8) is 0 Å². The number of nitrogens with zero attached hydrogens (tertiary/aromatic N) is 3. The highest BCUT2D eigenvalue weighted by Crippen LogP contribution is 2.72. The van der Waals surface area contributed by atoms with Gasteiger partial charge in [0.05, 0.1) is 24.1 Å². The first-order valence-electron chi connectivity index (χ1n) is 15.4. The zero-order valence-electron chi connectivity index (χ0n) is 25.3. The lowest BCUT2D eigenvalue weighted by molar-refractivity contribution is -0.138. The summed E-state index contributed by atoms with van der Waals surface area (Å²) in [6, 6.07) is 4.80. The predicted octanol–water partition coefficient (Wildman–Crippen LogP) is 3.79. The zero-order valence-corrected chi connectivity index (χ0v) is 25.3. The number of aromatic nitrogens is 2. The molecule has 2 aliphatic carbocycles. The Labute approximate surface area is 254 Å². The molecule has 2 aromatic rings. The number of rotatable bonds is 8. The molecule has 2 spiro atoms. The van der Waals surface area contributed by atoms with Crippen LogP contribution >= 0.6 is 0 Å². The first kappa shape index (κ1) is 30.6. The van der Waals surface area contributed by atoms with E-state index in [1.54, 1.807) is 25.1 Å². The normalized spacial score (nSPS) is 29.3. The van der Waals surface area contributed by atoms with E-state index in [2.05, 4.69) is 31.2 Å². The number of fused-ring (bicyclic) bond motifs is 1. The van der Waals surface area contributed by atoms with Crippen LogP contribution in [0.3, 0.4) is 0 Å². The van der Waals surface area contributed by atoms with Gasteiger partial charge in [0.25, 0.3) is 5.91 Å². The van der Waals surface area contributed by atoms with Crippen molar-refractivity contribution in [3.05, 3.63) is 41.2 Å². The zero-order chi connectivity index (χ0) is 31.3. The second-order valence-corrected chi connectivity index (χ2v) is 12.7. The van der Waals surface area contributed by atoms with Crippen LogP contribution in [-0.4, -0.2) is 77.6 Å². The number of carbonyl (C=O) groups excluding carboxylic acids is 2. The Hall–Kier alpha value is -3.45. The van der Waals surface area contributed by atoms with E-state index in [1.165, 1.54) is 7.11 Å². The number of halogens is 3. The van der Waals surface area contributed by atoms with Crippen LogP contribution in [-0.2, 0) is 17.4 Å². The molecule has 3 heterocycles. The van der Waals surface area contributed by atoms with E-state index in [0.717, 1.165) is 57.7 Å². The van der Waals surface area contributed by atoms with Crippen molar-refractivity contribution in [3.8, 4) is 5.75 Å². The van der Waals surface area contributed by atoms with Gasteiger partial charge in [-0.2, -0.15) is 13.2 Å². The molecule has 2 amide bonds. The van der Waals surface area contributed by atoms with E-state index in [9.17, 15) is 22.8 Å². The number of benzene rings is 1. The van der Waals surface area contributed by atoms with Gasteiger partial charge in [-0.05, 0) is 56.8 Å².